The molecule has 8 nitrogen and oxygen atoms in total. The summed E-state index contributed by atoms with van der Waals surface area (Å²) in [6.07, 6.45) is 2.94. The number of ether oxygens (including phenoxy) is 1. The van der Waals surface area contributed by atoms with Crippen LogP contribution in [0.5, 0.6) is 0 Å². The first-order valence-corrected chi connectivity index (χ1v) is 10.7. The van der Waals surface area contributed by atoms with E-state index >= 15 is 0 Å². The summed E-state index contributed by atoms with van der Waals surface area (Å²) >= 11 is 0. The number of rotatable bonds is 6. The Kier molecular flexibility index (Phi) is 5.61. The van der Waals surface area contributed by atoms with Crippen molar-refractivity contribution in [3.8, 4) is 17.1 Å². The third-order valence-electron chi connectivity index (χ3n) is 5.23. The monoisotopic (exact) mass is 452 g/mol. The molecule has 5 rings (SSSR count). The van der Waals surface area contributed by atoms with Crippen LogP contribution in [0.1, 0.15) is 27.6 Å². The van der Waals surface area contributed by atoms with Crippen molar-refractivity contribution in [3.63, 3.8) is 0 Å². The molecule has 0 aliphatic carbocycles. The Labute approximate surface area is 194 Å². The molecule has 0 aliphatic heterocycles. The summed E-state index contributed by atoms with van der Waals surface area (Å²) in [5, 5.41) is 7.88. The molecule has 0 atom stereocenters. The molecule has 0 unspecified atom stereocenters. The van der Waals surface area contributed by atoms with Crippen LogP contribution in [0, 0.1) is 0 Å². The van der Waals surface area contributed by atoms with E-state index < -0.39 is 11.9 Å². The van der Waals surface area contributed by atoms with Gasteiger partial charge >= 0.3 is 5.97 Å². The highest BCUT2D eigenvalue weighted by atomic mass is 16.5. The van der Waals surface area contributed by atoms with Crippen molar-refractivity contribution in [1.82, 2.24) is 14.8 Å². The van der Waals surface area contributed by atoms with Crippen LogP contribution < -0.4 is 5.32 Å². The van der Waals surface area contributed by atoms with E-state index in [9.17, 15) is 9.59 Å². The lowest BCUT2D eigenvalue weighted by Gasteiger charge is -2.13. The minimum Gasteiger partial charge on any atom is -0.463 e. The lowest BCUT2D eigenvalue weighted by Crippen LogP contribution is -2.18. The van der Waals surface area contributed by atoms with Gasteiger partial charge in [-0.25, -0.2) is 14.5 Å². The number of carbonyl (C=O) groups is 2. The molecule has 0 spiro atoms. The number of furan rings is 1. The van der Waals surface area contributed by atoms with Crippen molar-refractivity contribution >= 4 is 28.6 Å². The van der Waals surface area contributed by atoms with Gasteiger partial charge in [0.05, 0.1) is 35.8 Å². The minimum absolute atomic E-state index is 0.156. The van der Waals surface area contributed by atoms with Crippen LogP contribution in [0.4, 0.5) is 5.82 Å². The van der Waals surface area contributed by atoms with Crippen molar-refractivity contribution in [2.75, 3.05) is 11.9 Å². The Morgan fingerprint density at radius 3 is 2.56 bits per heavy atom. The summed E-state index contributed by atoms with van der Waals surface area (Å²) < 4.78 is 12.2. The van der Waals surface area contributed by atoms with Crippen molar-refractivity contribution < 1.29 is 18.7 Å². The predicted molar refractivity (Wildman–Crippen MR) is 127 cm³/mol. The second-order valence-corrected chi connectivity index (χ2v) is 7.38. The summed E-state index contributed by atoms with van der Waals surface area (Å²) in [6.45, 7) is 1.92. The summed E-state index contributed by atoms with van der Waals surface area (Å²) in [5.74, 6) is -0.234. The van der Waals surface area contributed by atoms with Crippen LogP contribution >= 0.6 is 0 Å². The molecule has 0 radical (unpaired) electrons. The number of anilines is 1. The fourth-order valence-electron chi connectivity index (χ4n) is 3.68. The van der Waals surface area contributed by atoms with E-state index in [1.807, 2.05) is 54.6 Å². The molecular weight excluding hydrogens is 432 g/mol. The molecule has 0 aliphatic rings. The highest BCUT2D eigenvalue weighted by Crippen LogP contribution is 2.27. The molecule has 8 heteroatoms. The molecule has 0 bridgehead atoms. The topological polar surface area (TPSA) is 99.2 Å². The van der Waals surface area contributed by atoms with Gasteiger partial charge in [0.25, 0.3) is 5.91 Å². The fourth-order valence-corrected chi connectivity index (χ4v) is 3.68. The van der Waals surface area contributed by atoms with Gasteiger partial charge in [-0.15, -0.1) is 0 Å². The number of fused-ring (bicyclic) bond motifs is 1. The SMILES string of the molecule is CCOC(=O)c1cnn(-c2ccccc2)c1NC(=O)c1cc(-c2ccco2)nc2ccccc12. The van der Waals surface area contributed by atoms with E-state index in [0.29, 0.717) is 33.6 Å². The number of amides is 1. The Morgan fingerprint density at radius 1 is 1.00 bits per heavy atom. The number of esters is 1. The average molecular weight is 452 g/mol. The van der Waals surface area contributed by atoms with E-state index in [1.165, 1.54) is 10.9 Å². The van der Waals surface area contributed by atoms with Gasteiger partial charge in [-0.1, -0.05) is 36.4 Å². The maximum absolute atomic E-state index is 13.6. The molecule has 0 saturated heterocycles. The van der Waals surface area contributed by atoms with Gasteiger partial charge < -0.3 is 14.5 Å². The zero-order valence-corrected chi connectivity index (χ0v) is 18.3. The molecule has 168 valence electrons. The quantitative estimate of drug-likeness (QED) is 0.360. The Hall–Kier alpha value is -4.72. The average Bonchev–Trinajstić information content (AvgIpc) is 3.55. The Morgan fingerprint density at radius 2 is 1.79 bits per heavy atom. The lowest BCUT2D eigenvalue weighted by atomic mass is 10.1. The van der Waals surface area contributed by atoms with Gasteiger partial charge in [0.2, 0.25) is 0 Å². The summed E-state index contributed by atoms with van der Waals surface area (Å²) in [7, 11) is 0. The second-order valence-electron chi connectivity index (χ2n) is 7.38. The standard InChI is InChI=1S/C26H20N4O4/c1-2-33-26(32)20-16-27-30(17-9-4-3-5-10-17)24(20)29-25(31)19-15-22(23-13-8-14-34-23)28-21-12-7-6-11-18(19)21/h3-16H,2H2,1H3,(H,29,31). The number of pyridine rings is 1. The Bertz CT molecular complexity index is 1470. The maximum atomic E-state index is 13.6. The third-order valence-corrected chi connectivity index (χ3v) is 5.23. The predicted octanol–water partition coefficient (Wildman–Crippen LogP) is 5.11. The molecule has 0 saturated carbocycles. The van der Waals surface area contributed by atoms with Crippen LogP contribution in [0.15, 0.2) is 89.7 Å². The largest absolute Gasteiger partial charge is 0.463 e. The number of hydrogen-bond acceptors (Lipinski definition) is 6. The first-order valence-electron chi connectivity index (χ1n) is 10.7. The first kappa shape index (κ1) is 21.1. The molecule has 1 N–H and O–H groups in total. The van der Waals surface area contributed by atoms with Crippen molar-refractivity contribution in [2.24, 2.45) is 0 Å². The number of nitrogens with one attached hydrogen (secondary N) is 1. The third kappa shape index (κ3) is 3.93. The van der Waals surface area contributed by atoms with Crippen LogP contribution in [-0.2, 0) is 4.74 Å². The number of nitrogens with zero attached hydrogens (tertiary/aromatic N) is 3. The van der Waals surface area contributed by atoms with Crippen molar-refractivity contribution in [2.45, 2.75) is 6.92 Å². The molecule has 3 aromatic heterocycles. The van der Waals surface area contributed by atoms with Gasteiger partial charge in [0.15, 0.2) is 11.6 Å². The molecule has 1 amide bonds. The van der Waals surface area contributed by atoms with Crippen LogP contribution in [0.2, 0.25) is 0 Å². The maximum Gasteiger partial charge on any atom is 0.343 e. The zero-order valence-electron chi connectivity index (χ0n) is 18.3. The zero-order chi connectivity index (χ0) is 23.5. The molecule has 3 heterocycles. The second kappa shape index (κ2) is 9.03. The molecule has 2 aromatic carbocycles. The number of hydrogen-bond donors (Lipinski definition) is 1. The smallest absolute Gasteiger partial charge is 0.343 e. The fraction of sp³-hybridized carbons (Fsp3) is 0.0769. The molecule has 34 heavy (non-hydrogen) atoms. The molecular formula is C26H20N4O4. The summed E-state index contributed by atoms with van der Waals surface area (Å²) in [6, 6.07) is 21.8. The van der Waals surface area contributed by atoms with Crippen LogP contribution in [-0.4, -0.2) is 33.2 Å². The Balaban J connectivity index is 1.61. The van der Waals surface area contributed by atoms with Gasteiger partial charge in [0.1, 0.15) is 11.3 Å². The highest BCUT2D eigenvalue weighted by molar-refractivity contribution is 6.14. The van der Waals surface area contributed by atoms with Crippen LogP contribution in [0.25, 0.3) is 28.0 Å². The van der Waals surface area contributed by atoms with E-state index in [4.69, 9.17) is 9.15 Å². The van der Waals surface area contributed by atoms with Gasteiger partial charge in [-0.05, 0) is 43.3 Å². The molecule has 0 fully saturated rings. The number of carbonyl (C=O) groups excluding carboxylic acids is 2. The van der Waals surface area contributed by atoms with Gasteiger partial charge in [-0.2, -0.15) is 5.10 Å². The van der Waals surface area contributed by atoms with Crippen molar-refractivity contribution in [1.29, 1.82) is 0 Å². The van der Waals surface area contributed by atoms with E-state index in [-0.39, 0.29) is 18.0 Å². The lowest BCUT2D eigenvalue weighted by molar-refractivity contribution is 0.0527. The molecule has 5 aromatic rings. The highest BCUT2D eigenvalue weighted by Gasteiger charge is 2.23. The minimum atomic E-state index is -0.573. The van der Waals surface area contributed by atoms with E-state index in [2.05, 4.69) is 15.4 Å². The summed E-state index contributed by atoms with van der Waals surface area (Å²) in [5.41, 5.74) is 2.39. The number of benzene rings is 2. The van der Waals surface area contributed by atoms with Gasteiger partial charge in [0, 0.05) is 5.39 Å². The normalized spacial score (nSPS) is 10.9. The van der Waals surface area contributed by atoms with Crippen molar-refractivity contribution in [3.05, 3.63) is 96.4 Å². The van der Waals surface area contributed by atoms with Crippen LogP contribution in [0.3, 0.4) is 0 Å². The number of para-hydroxylation sites is 2. The van der Waals surface area contributed by atoms with E-state index in [1.54, 1.807) is 31.4 Å². The number of aromatic nitrogens is 3. The first-order chi connectivity index (χ1) is 16.7. The summed E-state index contributed by atoms with van der Waals surface area (Å²) in [4.78, 5) is 30.8. The van der Waals surface area contributed by atoms with Gasteiger partial charge in [-0.3, -0.25) is 4.79 Å². The van der Waals surface area contributed by atoms with E-state index in [0.717, 1.165) is 0 Å².